The number of anilines is 2. The van der Waals surface area contributed by atoms with Gasteiger partial charge in [-0.1, -0.05) is 42.5 Å². The van der Waals surface area contributed by atoms with Gasteiger partial charge >= 0.3 is 0 Å². The van der Waals surface area contributed by atoms with E-state index in [1.807, 2.05) is 30.3 Å². The highest BCUT2D eigenvalue weighted by atomic mass is 16.5. The van der Waals surface area contributed by atoms with Crippen molar-refractivity contribution in [2.45, 2.75) is 12.6 Å². The fraction of sp³-hybridized carbons (Fsp3) is 0.200. The molecule has 46 heavy (non-hydrogen) atoms. The van der Waals surface area contributed by atoms with Crippen molar-refractivity contribution in [2.24, 2.45) is 0 Å². The van der Waals surface area contributed by atoms with Gasteiger partial charge < -0.3 is 29.2 Å². The average Bonchev–Trinajstić information content (AvgIpc) is 3.32. The summed E-state index contributed by atoms with van der Waals surface area (Å²) in [7, 11) is 5.91. The zero-order valence-corrected chi connectivity index (χ0v) is 25.8. The summed E-state index contributed by atoms with van der Waals surface area (Å²) in [5.41, 5.74) is 2.10. The molecule has 0 bridgehead atoms. The second-order valence-corrected chi connectivity index (χ2v) is 10.3. The molecule has 1 N–H and O–H groups in total. The van der Waals surface area contributed by atoms with Gasteiger partial charge in [0.25, 0.3) is 17.6 Å². The maximum atomic E-state index is 14.4. The van der Waals surface area contributed by atoms with E-state index in [1.165, 1.54) is 33.3 Å². The van der Waals surface area contributed by atoms with E-state index >= 15 is 0 Å². The number of amides is 3. The van der Waals surface area contributed by atoms with E-state index in [2.05, 4.69) is 5.32 Å². The van der Waals surface area contributed by atoms with Crippen LogP contribution in [0.3, 0.4) is 0 Å². The number of ether oxygens (including phenoxy) is 4. The lowest BCUT2D eigenvalue weighted by Crippen LogP contribution is -2.46. The van der Waals surface area contributed by atoms with Crippen molar-refractivity contribution in [2.75, 3.05) is 45.2 Å². The molecule has 0 unspecified atom stereocenters. The highest BCUT2D eigenvalue weighted by Gasteiger charge is 2.40. The maximum Gasteiger partial charge on any atom is 0.299 e. The number of nitrogens with one attached hydrogen (secondary N) is 1. The summed E-state index contributed by atoms with van der Waals surface area (Å²) in [5, 5.41) is 2.91. The minimum Gasteiger partial charge on any atom is -0.497 e. The predicted molar refractivity (Wildman–Crippen MR) is 171 cm³/mol. The third-order valence-corrected chi connectivity index (χ3v) is 7.61. The van der Waals surface area contributed by atoms with Gasteiger partial charge in [-0.2, -0.15) is 0 Å². The first-order valence-electron chi connectivity index (χ1n) is 14.3. The van der Waals surface area contributed by atoms with Gasteiger partial charge in [0.05, 0.1) is 39.7 Å². The number of hydrogen-bond donors (Lipinski definition) is 1. The molecule has 1 atom stereocenters. The minimum absolute atomic E-state index is 0.00530. The van der Waals surface area contributed by atoms with Crippen LogP contribution >= 0.6 is 0 Å². The first kappa shape index (κ1) is 31.6. The topological polar surface area (TPSA) is 124 Å². The summed E-state index contributed by atoms with van der Waals surface area (Å²) < 4.78 is 21.9. The molecule has 4 aromatic carbocycles. The average molecular weight is 624 g/mol. The Morgan fingerprint density at radius 2 is 1.41 bits per heavy atom. The Morgan fingerprint density at radius 1 is 0.783 bits per heavy atom. The number of para-hydroxylation sites is 1. The second kappa shape index (κ2) is 13.9. The molecule has 0 radical (unpaired) electrons. The highest BCUT2D eigenvalue weighted by molar-refractivity contribution is 6.52. The number of carbonyl (C=O) groups is 4. The zero-order chi connectivity index (χ0) is 32.8. The number of methoxy groups -OCH3 is 4. The van der Waals surface area contributed by atoms with Crippen molar-refractivity contribution in [3.8, 4) is 23.0 Å². The SMILES string of the molecule is COc1ccc(NC(=O)[C@H](c2cc(OC)c(OC)c(OC)c2)N(Cc2ccccc2)C(=O)CN2C(=O)C(=O)c3ccccc32)cc1. The van der Waals surface area contributed by atoms with E-state index in [0.717, 1.165) is 10.5 Å². The van der Waals surface area contributed by atoms with Crippen LogP contribution in [0.25, 0.3) is 0 Å². The molecule has 11 nitrogen and oxygen atoms in total. The van der Waals surface area contributed by atoms with Gasteiger partial charge in [-0.25, -0.2) is 0 Å². The molecule has 0 fully saturated rings. The first-order chi connectivity index (χ1) is 22.3. The number of rotatable bonds is 12. The number of hydrogen-bond acceptors (Lipinski definition) is 8. The van der Waals surface area contributed by atoms with Gasteiger partial charge in [-0.15, -0.1) is 0 Å². The Hall–Kier alpha value is -5.84. The number of Topliss-reactive ketones (excluding diaryl/α,β-unsaturated/α-hetero) is 1. The van der Waals surface area contributed by atoms with E-state index in [1.54, 1.807) is 60.7 Å². The molecule has 0 aromatic heterocycles. The fourth-order valence-electron chi connectivity index (χ4n) is 5.35. The molecule has 3 amide bonds. The van der Waals surface area contributed by atoms with Crippen molar-refractivity contribution in [3.63, 3.8) is 0 Å². The van der Waals surface area contributed by atoms with Crippen molar-refractivity contribution in [1.82, 2.24) is 4.90 Å². The quantitative estimate of drug-likeness (QED) is 0.226. The number of carbonyl (C=O) groups excluding carboxylic acids is 4. The molecule has 236 valence electrons. The predicted octanol–water partition coefficient (Wildman–Crippen LogP) is 4.66. The van der Waals surface area contributed by atoms with Crippen molar-refractivity contribution in [1.29, 1.82) is 0 Å². The summed E-state index contributed by atoms with van der Waals surface area (Å²) in [5.74, 6) is -1.18. The Balaban J connectivity index is 1.62. The second-order valence-electron chi connectivity index (χ2n) is 10.3. The van der Waals surface area contributed by atoms with Gasteiger partial charge in [-0.05, 0) is 59.7 Å². The van der Waals surface area contributed by atoms with E-state index in [9.17, 15) is 19.2 Å². The van der Waals surface area contributed by atoms with Gasteiger partial charge in [-0.3, -0.25) is 24.1 Å². The molecule has 0 saturated carbocycles. The molecule has 11 heteroatoms. The molecular weight excluding hydrogens is 590 g/mol. The molecule has 4 aromatic rings. The summed E-state index contributed by atoms with van der Waals surface area (Å²) in [6.45, 7) is -0.486. The lowest BCUT2D eigenvalue weighted by atomic mass is 10.0. The van der Waals surface area contributed by atoms with E-state index in [-0.39, 0.29) is 23.6 Å². The van der Waals surface area contributed by atoms with Crippen LogP contribution in [-0.2, 0) is 20.9 Å². The molecule has 5 rings (SSSR count). The molecule has 1 aliphatic heterocycles. The van der Waals surface area contributed by atoms with Crippen molar-refractivity contribution >= 4 is 34.9 Å². The maximum absolute atomic E-state index is 14.4. The Morgan fingerprint density at radius 3 is 2.02 bits per heavy atom. The lowest BCUT2D eigenvalue weighted by Gasteiger charge is -2.33. The van der Waals surface area contributed by atoms with Gasteiger partial charge in [0.1, 0.15) is 18.3 Å². The Labute approximate surface area is 266 Å². The van der Waals surface area contributed by atoms with Gasteiger partial charge in [0.2, 0.25) is 11.7 Å². The number of ketones is 1. The molecule has 1 heterocycles. The molecular formula is C35H33N3O8. The highest BCUT2D eigenvalue weighted by Crippen LogP contribution is 2.41. The smallest absolute Gasteiger partial charge is 0.299 e. The van der Waals surface area contributed by atoms with Gasteiger partial charge in [0, 0.05) is 12.2 Å². The third-order valence-electron chi connectivity index (χ3n) is 7.61. The van der Waals surface area contributed by atoms with E-state index in [4.69, 9.17) is 18.9 Å². The van der Waals surface area contributed by atoms with Crippen molar-refractivity contribution < 1.29 is 38.1 Å². The summed E-state index contributed by atoms with van der Waals surface area (Å²) in [4.78, 5) is 57.0. The lowest BCUT2D eigenvalue weighted by molar-refractivity contribution is -0.139. The number of nitrogens with zero attached hydrogens (tertiary/aromatic N) is 2. The summed E-state index contributed by atoms with van der Waals surface area (Å²) in [6, 6.07) is 24.3. The van der Waals surface area contributed by atoms with Crippen molar-refractivity contribution in [3.05, 3.63) is 108 Å². The summed E-state index contributed by atoms with van der Waals surface area (Å²) >= 11 is 0. The zero-order valence-electron chi connectivity index (χ0n) is 25.8. The van der Waals surface area contributed by atoms with Gasteiger partial charge in [0.15, 0.2) is 11.5 Å². The fourth-order valence-corrected chi connectivity index (χ4v) is 5.35. The third kappa shape index (κ3) is 6.34. The summed E-state index contributed by atoms with van der Waals surface area (Å²) in [6.07, 6.45) is 0. The van der Waals surface area contributed by atoms with Crippen LogP contribution in [0.1, 0.15) is 27.5 Å². The van der Waals surface area contributed by atoms with Crippen LogP contribution in [0.2, 0.25) is 0 Å². The van der Waals surface area contributed by atoms with E-state index < -0.39 is 36.1 Å². The van der Waals surface area contributed by atoms with Crippen LogP contribution < -0.4 is 29.2 Å². The van der Waals surface area contributed by atoms with Crippen LogP contribution in [0.15, 0.2) is 91.0 Å². The largest absolute Gasteiger partial charge is 0.497 e. The first-order valence-corrected chi connectivity index (χ1v) is 14.3. The standard InChI is InChI=1S/C35H33N3O8/c1-43-25-16-14-24(15-17-25)36-34(41)31(23-18-28(44-2)33(46-4)29(19-23)45-3)38(20-22-10-6-5-7-11-22)30(39)21-37-27-13-9-8-12-26(27)32(40)35(37)42/h5-19,31H,20-21H2,1-4H3,(H,36,41)/t31-/m0/s1. The molecule has 0 saturated heterocycles. The minimum atomic E-state index is -1.26. The van der Waals surface area contributed by atoms with E-state index in [0.29, 0.717) is 28.4 Å². The van der Waals surface area contributed by atoms with Crippen LogP contribution in [0, 0.1) is 0 Å². The number of fused-ring (bicyclic) bond motifs is 1. The van der Waals surface area contributed by atoms with Crippen LogP contribution in [-0.4, -0.2) is 63.4 Å². The van der Waals surface area contributed by atoms with Crippen LogP contribution in [0.5, 0.6) is 23.0 Å². The number of benzene rings is 4. The molecule has 0 spiro atoms. The van der Waals surface area contributed by atoms with Crippen LogP contribution in [0.4, 0.5) is 11.4 Å². The molecule has 1 aliphatic rings. The monoisotopic (exact) mass is 623 g/mol. The Kier molecular flexibility index (Phi) is 9.51. The Bertz CT molecular complexity index is 1730. The molecule has 0 aliphatic carbocycles. The normalized spacial score (nSPS) is 12.7.